The van der Waals surface area contributed by atoms with E-state index in [9.17, 15) is 0 Å². The molecule has 0 aliphatic rings. The fraction of sp³-hybridized carbons (Fsp3) is 0.800. The quantitative estimate of drug-likeness (QED) is 0.180. The summed E-state index contributed by atoms with van der Waals surface area (Å²) in [5, 5.41) is 0. The van der Waals surface area contributed by atoms with Crippen molar-refractivity contribution >= 4 is 0 Å². The standard InChI is InChI=1S/C10H20O4/c1-10(2)13-9-12-7-5-4-6-8-14-11-3/h1,4-9H2,2-3H3. The van der Waals surface area contributed by atoms with Gasteiger partial charge in [0.1, 0.15) is 0 Å². The first-order valence-electron chi connectivity index (χ1n) is 4.79. The minimum Gasteiger partial charge on any atom is -0.473 e. The lowest BCUT2D eigenvalue weighted by Crippen LogP contribution is -2.00. The SMILES string of the molecule is C=C(C)OCOCCCCCOOC. The van der Waals surface area contributed by atoms with Crippen LogP contribution in [0.3, 0.4) is 0 Å². The van der Waals surface area contributed by atoms with Crippen molar-refractivity contribution in [3.05, 3.63) is 12.3 Å². The van der Waals surface area contributed by atoms with E-state index in [2.05, 4.69) is 11.5 Å². The Labute approximate surface area is 85.7 Å². The monoisotopic (exact) mass is 204 g/mol. The summed E-state index contributed by atoms with van der Waals surface area (Å²) < 4.78 is 10.2. The molecule has 0 aromatic heterocycles. The third kappa shape index (κ3) is 11.4. The molecule has 0 spiro atoms. The molecule has 0 atom stereocenters. The predicted octanol–water partition coefficient (Wildman–Crippen LogP) is 2.26. The summed E-state index contributed by atoms with van der Waals surface area (Å²) in [7, 11) is 1.51. The molecule has 0 saturated carbocycles. The van der Waals surface area contributed by atoms with E-state index in [0.29, 0.717) is 25.8 Å². The second-order valence-corrected chi connectivity index (χ2v) is 2.92. The normalized spacial score (nSPS) is 10.1. The van der Waals surface area contributed by atoms with Crippen LogP contribution in [0.25, 0.3) is 0 Å². The van der Waals surface area contributed by atoms with Gasteiger partial charge >= 0.3 is 0 Å². The summed E-state index contributed by atoms with van der Waals surface area (Å²) in [5.74, 6) is 0.679. The fourth-order valence-corrected chi connectivity index (χ4v) is 0.826. The Morgan fingerprint density at radius 1 is 1.14 bits per heavy atom. The average molecular weight is 204 g/mol. The highest BCUT2D eigenvalue weighted by Crippen LogP contribution is 1.97. The molecule has 0 N–H and O–H groups in total. The van der Waals surface area contributed by atoms with Crippen molar-refractivity contribution in [2.45, 2.75) is 26.2 Å². The summed E-state index contributed by atoms with van der Waals surface area (Å²) in [5.41, 5.74) is 0. The van der Waals surface area contributed by atoms with Crippen molar-refractivity contribution in [2.75, 3.05) is 27.1 Å². The highest BCUT2D eigenvalue weighted by Gasteiger charge is 1.91. The molecule has 0 aromatic rings. The molecule has 0 rings (SSSR count). The van der Waals surface area contributed by atoms with Crippen molar-refractivity contribution < 1.29 is 19.2 Å². The van der Waals surface area contributed by atoms with Crippen LogP contribution in [-0.4, -0.2) is 27.1 Å². The van der Waals surface area contributed by atoms with Gasteiger partial charge in [0, 0.05) is 0 Å². The van der Waals surface area contributed by atoms with Gasteiger partial charge in [-0.15, -0.1) is 0 Å². The van der Waals surface area contributed by atoms with Crippen LogP contribution < -0.4 is 0 Å². The maximum Gasteiger partial charge on any atom is 0.188 e. The van der Waals surface area contributed by atoms with Gasteiger partial charge in [-0.05, 0) is 26.2 Å². The Kier molecular flexibility index (Phi) is 10.1. The molecule has 0 aliphatic heterocycles. The lowest BCUT2D eigenvalue weighted by molar-refractivity contribution is -0.272. The van der Waals surface area contributed by atoms with E-state index in [1.165, 1.54) is 7.11 Å². The first kappa shape index (κ1) is 13.4. The molecule has 0 fully saturated rings. The number of ether oxygens (including phenoxy) is 2. The largest absolute Gasteiger partial charge is 0.473 e. The van der Waals surface area contributed by atoms with Gasteiger partial charge in [0.25, 0.3) is 0 Å². The van der Waals surface area contributed by atoms with Gasteiger partial charge in [-0.2, -0.15) is 0 Å². The first-order chi connectivity index (χ1) is 6.77. The van der Waals surface area contributed by atoms with Crippen molar-refractivity contribution in [2.24, 2.45) is 0 Å². The van der Waals surface area contributed by atoms with E-state index < -0.39 is 0 Å². The zero-order valence-electron chi connectivity index (χ0n) is 9.08. The van der Waals surface area contributed by atoms with E-state index in [0.717, 1.165) is 19.3 Å². The second kappa shape index (κ2) is 10.5. The minimum absolute atomic E-state index is 0.296. The van der Waals surface area contributed by atoms with Gasteiger partial charge in [-0.3, -0.25) is 0 Å². The molecule has 0 saturated heterocycles. The summed E-state index contributed by atoms with van der Waals surface area (Å²) in [6.07, 6.45) is 3.06. The molecule has 84 valence electrons. The molecule has 0 aromatic carbocycles. The zero-order valence-corrected chi connectivity index (χ0v) is 9.08. The van der Waals surface area contributed by atoms with Crippen LogP contribution in [-0.2, 0) is 19.2 Å². The maximum absolute atomic E-state index is 5.20. The van der Waals surface area contributed by atoms with Crippen LogP contribution in [0.5, 0.6) is 0 Å². The van der Waals surface area contributed by atoms with E-state index in [1.54, 1.807) is 6.92 Å². The number of allylic oxidation sites excluding steroid dienone is 1. The first-order valence-corrected chi connectivity index (χ1v) is 4.79. The van der Waals surface area contributed by atoms with Crippen LogP contribution >= 0.6 is 0 Å². The van der Waals surface area contributed by atoms with Crippen LogP contribution in [0, 0.1) is 0 Å². The Bertz CT molecular complexity index is 136. The van der Waals surface area contributed by atoms with Crippen LogP contribution in [0.2, 0.25) is 0 Å². The van der Waals surface area contributed by atoms with E-state index >= 15 is 0 Å². The average Bonchev–Trinajstić information content (AvgIpc) is 2.15. The summed E-state index contributed by atoms with van der Waals surface area (Å²) in [4.78, 5) is 9.17. The lowest BCUT2D eigenvalue weighted by Gasteiger charge is -2.05. The van der Waals surface area contributed by atoms with Crippen molar-refractivity contribution in [1.82, 2.24) is 0 Å². The van der Waals surface area contributed by atoms with Gasteiger partial charge in [-0.1, -0.05) is 6.58 Å². The lowest BCUT2D eigenvalue weighted by atomic mass is 10.2. The maximum atomic E-state index is 5.20. The third-order valence-corrected chi connectivity index (χ3v) is 1.52. The Morgan fingerprint density at radius 3 is 2.50 bits per heavy atom. The molecule has 0 heterocycles. The van der Waals surface area contributed by atoms with E-state index in [1.807, 2.05) is 0 Å². The number of unbranched alkanes of at least 4 members (excludes halogenated alkanes) is 2. The molecule has 0 radical (unpaired) electrons. The Balaban J connectivity index is 2.88. The van der Waals surface area contributed by atoms with Gasteiger partial charge in [0.05, 0.1) is 26.1 Å². The summed E-state index contributed by atoms with van der Waals surface area (Å²) >= 11 is 0. The van der Waals surface area contributed by atoms with E-state index in [-0.39, 0.29) is 0 Å². The van der Waals surface area contributed by atoms with Crippen LogP contribution in [0.1, 0.15) is 26.2 Å². The van der Waals surface area contributed by atoms with Crippen molar-refractivity contribution in [3.63, 3.8) is 0 Å². The van der Waals surface area contributed by atoms with Gasteiger partial charge in [-0.25, -0.2) is 9.78 Å². The third-order valence-electron chi connectivity index (χ3n) is 1.52. The minimum atomic E-state index is 0.296. The summed E-state index contributed by atoms with van der Waals surface area (Å²) in [6, 6.07) is 0. The van der Waals surface area contributed by atoms with Crippen molar-refractivity contribution in [3.8, 4) is 0 Å². The highest BCUT2D eigenvalue weighted by atomic mass is 17.2. The fourth-order valence-electron chi connectivity index (χ4n) is 0.826. The molecular weight excluding hydrogens is 184 g/mol. The van der Waals surface area contributed by atoms with E-state index in [4.69, 9.17) is 14.4 Å². The van der Waals surface area contributed by atoms with Gasteiger partial charge in [0.2, 0.25) is 0 Å². The smallest absolute Gasteiger partial charge is 0.188 e. The van der Waals surface area contributed by atoms with Gasteiger partial charge in [0.15, 0.2) is 6.79 Å². The highest BCUT2D eigenvalue weighted by molar-refractivity contribution is 4.72. The molecule has 4 heteroatoms. The Morgan fingerprint density at radius 2 is 1.86 bits per heavy atom. The molecule has 14 heavy (non-hydrogen) atoms. The van der Waals surface area contributed by atoms with Crippen molar-refractivity contribution in [1.29, 1.82) is 0 Å². The molecule has 0 amide bonds. The number of hydrogen-bond donors (Lipinski definition) is 0. The number of hydrogen-bond acceptors (Lipinski definition) is 4. The van der Waals surface area contributed by atoms with Crippen LogP contribution in [0.15, 0.2) is 12.3 Å². The molecular formula is C10H20O4. The molecule has 0 unspecified atom stereocenters. The Hall–Kier alpha value is -0.580. The zero-order chi connectivity index (χ0) is 10.6. The molecule has 0 bridgehead atoms. The molecule has 0 aliphatic carbocycles. The van der Waals surface area contributed by atoms with Crippen LogP contribution in [0.4, 0.5) is 0 Å². The second-order valence-electron chi connectivity index (χ2n) is 2.92. The topological polar surface area (TPSA) is 36.9 Å². The van der Waals surface area contributed by atoms with Gasteiger partial charge < -0.3 is 9.47 Å². The summed E-state index contributed by atoms with van der Waals surface area (Å²) in [6.45, 7) is 7.03. The predicted molar refractivity (Wildman–Crippen MR) is 53.5 cm³/mol. The molecule has 4 nitrogen and oxygen atoms in total. The number of rotatable bonds is 10.